The van der Waals surface area contributed by atoms with Crippen LogP contribution >= 0.6 is 0 Å². The Balaban J connectivity index is 2.02. The Morgan fingerprint density at radius 1 is 1.50 bits per heavy atom. The van der Waals surface area contributed by atoms with Crippen LogP contribution in [0.25, 0.3) is 0 Å². The minimum atomic E-state index is -0.998. The summed E-state index contributed by atoms with van der Waals surface area (Å²) in [5.41, 5.74) is 0.610. The van der Waals surface area contributed by atoms with E-state index < -0.39 is 17.9 Å². The highest BCUT2D eigenvalue weighted by Crippen LogP contribution is 2.17. The lowest BCUT2D eigenvalue weighted by atomic mass is 10.1. The fourth-order valence-electron chi connectivity index (χ4n) is 1.98. The van der Waals surface area contributed by atoms with Gasteiger partial charge in [-0.15, -0.1) is 0 Å². The maximum absolute atomic E-state index is 13.1. The van der Waals surface area contributed by atoms with Gasteiger partial charge in [-0.1, -0.05) is 0 Å². The maximum atomic E-state index is 13.1. The van der Waals surface area contributed by atoms with Crippen molar-refractivity contribution in [2.75, 3.05) is 19.7 Å². The van der Waals surface area contributed by atoms with Crippen LogP contribution in [0.1, 0.15) is 5.56 Å². The molecule has 1 fully saturated rings. The minimum absolute atomic E-state index is 0.131. The van der Waals surface area contributed by atoms with Gasteiger partial charge in [-0.3, -0.25) is 4.90 Å². The summed E-state index contributed by atoms with van der Waals surface area (Å²) >= 11 is 0. The standard InChI is InChI=1S/C12H14FNO4/c13-9-3-8(4-10(15)5-9)6-14-1-2-18-11(7-14)12(16)17/h3-5,11,15H,1-2,6-7H2,(H,16,17). The van der Waals surface area contributed by atoms with Gasteiger partial charge in [0.2, 0.25) is 0 Å². The molecule has 5 nitrogen and oxygen atoms in total. The Bertz CT molecular complexity index is 431. The molecule has 1 aliphatic rings. The van der Waals surface area contributed by atoms with Crippen molar-refractivity contribution in [3.63, 3.8) is 0 Å². The van der Waals surface area contributed by atoms with Crippen molar-refractivity contribution in [3.8, 4) is 5.75 Å². The third-order valence-electron chi connectivity index (χ3n) is 2.77. The lowest BCUT2D eigenvalue weighted by molar-refractivity contribution is -0.156. The second kappa shape index (κ2) is 5.32. The Hall–Kier alpha value is -1.66. The monoisotopic (exact) mass is 255 g/mol. The molecule has 0 saturated carbocycles. The van der Waals surface area contributed by atoms with E-state index in [-0.39, 0.29) is 12.3 Å². The molecule has 0 radical (unpaired) electrons. The van der Waals surface area contributed by atoms with E-state index in [4.69, 9.17) is 9.84 Å². The highest BCUT2D eigenvalue weighted by atomic mass is 19.1. The van der Waals surface area contributed by atoms with Gasteiger partial charge in [0.05, 0.1) is 6.61 Å². The smallest absolute Gasteiger partial charge is 0.334 e. The predicted molar refractivity (Wildman–Crippen MR) is 60.7 cm³/mol. The Labute approximate surface area is 103 Å². The highest BCUT2D eigenvalue weighted by Gasteiger charge is 2.26. The van der Waals surface area contributed by atoms with Crippen LogP contribution in [0.5, 0.6) is 5.75 Å². The summed E-state index contributed by atoms with van der Waals surface area (Å²) in [4.78, 5) is 12.7. The van der Waals surface area contributed by atoms with Crippen LogP contribution < -0.4 is 0 Å². The van der Waals surface area contributed by atoms with Crippen molar-refractivity contribution in [1.82, 2.24) is 4.90 Å². The lowest BCUT2D eigenvalue weighted by Crippen LogP contribution is -2.45. The van der Waals surface area contributed by atoms with Crippen molar-refractivity contribution in [2.45, 2.75) is 12.6 Å². The number of carbonyl (C=O) groups is 1. The highest BCUT2D eigenvalue weighted by molar-refractivity contribution is 5.72. The van der Waals surface area contributed by atoms with Crippen molar-refractivity contribution in [1.29, 1.82) is 0 Å². The van der Waals surface area contributed by atoms with Gasteiger partial charge in [0.25, 0.3) is 0 Å². The number of aromatic hydroxyl groups is 1. The molecule has 1 unspecified atom stereocenters. The fourth-order valence-corrected chi connectivity index (χ4v) is 1.98. The zero-order valence-corrected chi connectivity index (χ0v) is 9.67. The number of phenolic OH excluding ortho intramolecular Hbond substituents is 1. The maximum Gasteiger partial charge on any atom is 0.334 e. The van der Waals surface area contributed by atoms with E-state index in [9.17, 15) is 14.3 Å². The Morgan fingerprint density at radius 3 is 2.94 bits per heavy atom. The van der Waals surface area contributed by atoms with Crippen LogP contribution in [0.3, 0.4) is 0 Å². The number of morpholine rings is 1. The number of benzene rings is 1. The number of hydrogen-bond acceptors (Lipinski definition) is 4. The molecule has 1 aliphatic heterocycles. The molecule has 2 rings (SSSR count). The van der Waals surface area contributed by atoms with Crippen LogP contribution in [0.4, 0.5) is 4.39 Å². The topological polar surface area (TPSA) is 70.0 Å². The number of carboxylic acids is 1. The number of rotatable bonds is 3. The van der Waals surface area contributed by atoms with Crippen molar-refractivity contribution < 1.29 is 24.1 Å². The molecule has 1 aromatic rings. The van der Waals surface area contributed by atoms with Gasteiger partial charge in [0.1, 0.15) is 11.6 Å². The molecule has 0 bridgehead atoms. The van der Waals surface area contributed by atoms with Gasteiger partial charge < -0.3 is 14.9 Å². The average Bonchev–Trinajstić information content (AvgIpc) is 2.27. The summed E-state index contributed by atoms with van der Waals surface area (Å²) in [6.07, 6.45) is -0.846. The summed E-state index contributed by atoms with van der Waals surface area (Å²) in [5, 5.41) is 18.1. The first-order valence-corrected chi connectivity index (χ1v) is 5.60. The molecule has 0 amide bonds. The molecule has 6 heteroatoms. The summed E-state index contributed by atoms with van der Waals surface area (Å²) in [5.74, 6) is -1.64. The third-order valence-corrected chi connectivity index (χ3v) is 2.77. The molecule has 0 spiro atoms. The van der Waals surface area contributed by atoms with Gasteiger partial charge >= 0.3 is 5.97 Å². The van der Waals surface area contributed by atoms with Gasteiger partial charge in [0.15, 0.2) is 6.10 Å². The van der Waals surface area contributed by atoms with Crippen LogP contribution in [0, 0.1) is 5.82 Å². The molecule has 0 aliphatic carbocycles. The second-order valence-electron chi connectivity index (χ2n) is 4.25. The second-order valence-corrected chi connectivity index (χ2v) is 4.25. The first kappa shape index (κ1) is 12.8. The van der Waals surface area contributed by atoms with E-state index in [0.29, 0.717) is 25.3 Å². The van der Waals surface area contributed by atoms with Gasteiger partial charge in [-0.25, -0.2) is 9.18 Å². The lowest BCUT2D eigenvalue weighted by Gasteiger charge is -2.30. The Kier molecular flexibility index (Phi) is 3.78. The van der Waals surface area contributed by atoms with Crippen LogP contribution in [0.15, 0.2) is 18.2 Å². The molecule has 1 heterocycles. The van der Waals surface area contributed by atoms with Crippen LogP contribution in [-0.2, 0) is 16.1 Å². The predicted octanol–water partition coefficient (Wildman–Crippen LogP) is 0.817. The SMILES string of the molecule is O=C(O)C1CN(Cc2cc(O)cc(F)c2)CCO1. The summed E-state index contributed by atoms with van der Waals surface area (Å²) in [6, 6.07) is 3.82. The van der Waals surface area contributed by atoms with E-state index in [1.165, 1.54) is 12.1 Å². The zero-order valence-electron chi connectivity index (χ0n) is 9.67. The zero-order chi connectivity index (χ0) is 13.1. The number of nitrogens with zero attached hydrogens (tertiary/aromatic N) is 1. The fraction of sp³-hybridized carbons (Fsp3) is 0.417. The Morgan fingerprint density at radius 2 is 2.28 bits per heavy atom. The van der Waals surface area contributed by atoms with E-state index in [0.717, 1.165) is 6.07 Å². The molecule has 18 heavy (non-hydrogen) atoms. The first-order valence-electron chi connectivity index (χ1n) is 5.60. The van der Waals surface area contributed by atoms with Crippen LogP contribution in [-0.4, -0.2) is 46.9 Å². The summed E-state index contributed by atoms with van der Waals surface area (Å²) in [6.45, 7) is 1.56. The average molecular weight is 255 g/mol. The molecule has 1 atom stereocenters. The molecule has 1 saturated heterocycles. The van der Waals surface area contributed by atoms with E-state index in [1.807, 2.05) is 4.90 Å². The number of halogens is 1. The molecule has 2 N–H and O–H groups in total. The summed E-state index contributed by atoms with van der Waals surface area (Å²) in [7, 11) is 0. The molecule has 98 valence electrons. The molecule has 1 aromatic carbocycles. The largest absolute Gasteiger partial charge is 0.508 e. The van der Waals surface area contributed by atoms with E-state index in [2.05, 4.69) is 0 Å². The van der Waals surface area contributed by atoms with Crippen molar-refractivity contribution in [3.05, 3.63) is 29.6 Å². The molecular weight excluding hydrogens is 241 g/mol. The number of carboxylic acid groups (broad SMARTS) is 1. The number of aliphatic carboxylic acids is 1. The van der Waals surface area contributed by atoms with Gasteiger partial charge in [0, 0.05) is 25.7 Å². The van der Waals surface area contributed by atoms with Gasteiger partial charge in [-0.05, 0) is 17.7 Å². The minimum Gasteiger partial charge on any atom is -0.508 e. The number of phenols is 1. The van der Waals surface area contributed by atoms with E-state index >= 15 is 0 Å². The van der Waals surface area contributed by atoms with Gasteiger partial charge in [-0.2, -0.15) is 0 Å². The quantitative estimate of drug-likeness (QED) is 0.836. The first-order chi connectivity index (χ1) is 8.54. The van der Waals surface area contributed by atoms with E-state index in [1.54, 1.807) is 0 Å². The number of hydrogen-bond donors (Lipinski definition) is 2. The molecule has 0 aromatic heterocycles. The number of ether oxygens (including phenoxy) is 1. The van der Waals surface area contributed by atoms with Crippen molar-refractivity contribution >= 4 is 5.97 Å². The van der Waals surface area contributed by atoms with Crippen molar-refractivity contribution in [2.24, 2.45) is 0 Å². The normalized spacial score (nSPS) is 20.8. The third kappa shape index (κ3) is 3.18. The molecular formula is C12H14FNO4. The van der Waals surface area contributed by atoms with Crippen LogP contribution in [0.2, 0.25) is 0 Å². The summed E-state index contributed by atoms with van der Waals surface area (Å²) < 4.78 is 18.2.